The number of nitrogens with zero attached hydrogens (tertiary/aromatic N) is 3. The molecular weight excluding hydrogens is 274 g/mol. The maximum atomic E-state index is 14.1. The molecule has 0 unspecified atom stereocenters. The van der Waals surface area contributed by atoms with E-state index in [4.69, 9.17) is 0 Å². The van der Waals surface area contributed by atoms with Crippen LogP contribution in [0.25, 0.3) is 0 Å². The Kier molecular flexibility index (Phi) is 3.59. The van der Waals surface area contributed by atoms with Gasteiger partial charge in [-0.15, -0.1) is 5.10 Å². The van der Waals surface area contributed by atoms with Crippen molar-refractivity contribution in [2.24, 2.45) is 0 Å². The Morgan fingerprint density at radius 1 is 0.905 bits per heavy atom. The van der Waals surface area contributed by atoms with Gasteiger partial charge in [-0.2, -0.15) is 4.79 Å². The van der Waals surface area contributed by atoms with Crippen LogP contribution in [-0.4, -0.2) is 14.9 Å². The number of aromatic nitrogens is 3. The summed E-state index contributed by atoms with van der Waals surface area (Å²) in [5.41, 5.74) is 3.60. The summed E-state index contributed by atoms with van der Waals surface area (Å²) in [6.45, 7) is 0. The third-order valence-electron chi connectivity index (χ3n) is 3.11. The molecule has 106 valence electrons. The molecule has 1 aromatic heterocycles. The molecule has 0 atom stereocenters. The number of nitrogens with one attached hydrogen (secondary N) is 1. The van der Waals surface area contributed by atoms with Gasteiger partial charge >= 0.3 is 0 Å². The number of rotatable bonds is 4. The van der Waals surface area contributed by atoms with E-state index < -0.39 is 17.7 Å². The molecule has 0 aliphatic heterocycles. The molecule has 3 rings (SSSR count). The zero-order chi connectivity index (χ0) is 14.7. The SMILES string of the molecule is Fc1ccccc1C(Nn1cncn1)c1ccccc1F. The topological polar surface area (TPSA) is 42.7 Å². The summed E-state index contributed by atoms with van der Waals surface area (Å²) in [6.07, 6.45) is 2.77. The largest absolute Gasteiger partial charge is 0.296 e. The predicted octanol–water partition coefficient (Wildman–Crippen LogP) is 2.89. The van der Waals surface area contributed by atoms with E-state index in [2.05, 4.69) is 15.5 Å². The summed E-state index contributed by atoms with van der Waals surface area (Å²) in [5, 5.41) is 3.92. The monoisotopic (exact) mass is 286 g/mol. The Bertz CT molecular complexity index is 683. The van der Waals surface area contributed by atoms with Crippen molar-refractivity contribution in [1.29, 1.82) is 0 Å². The van der Waals surface area contributed by atoms with E-state index in [1.54, 1.807) is 36.4 Å². The number of hydrogen-bond acceptors (Lipinski definition) is 3. The van der Waals surface area contributed by atoms with Gasteiger partial charge in [0.25, 0.3) is 0 Å². The van der Waals surface area contributed by atoms with Crippen LogP contribution in [0, 0.1) is 11.6 Å². The standard InChI is InChI=1S/C15H12F2N4/c16-13-7-3-1-5-11(13)15(20-21-10-18-9-19-21)12-6-2-4-8-14(12)17/h1-10,15,20H. The Hall–Kier alpha value is -2.76. The molecule has 0 saturated heterocycles. The predicted molar refractivity (Wildman–Crippen MR) is 74.0 cm³/mol. The van der Waals surface area contributed by atoms with Crippen molar-refractivity contribution < 1.29 is 8.78 Å². The molecule has 0 bridgehead atoms. The van der Waals surface area contributed by atoms with Gasteiger partial charge in [0.05, 0.1) is 6.04 Å². The quantitative estimate of drug-likeness (QED) is 0.802. The number of hydrogen-bond donors (Lipinski definition) is 1. The van der Waals surface area contributed by atoms with E-state index in [0.717, 1.165) is 0 Å². The summed E-state index contributed by atoms with van der Waals surface area (Å²) in [7, 11) is 0. The summed E-state index contributed by atoms with van der Waals surface area (Å²) < 4.78 is 28.2. The average Bonchev–Trinajstić information content (AvgIpc) is 3.00. The molecule has 0 radical (unpaired) electrons. The molecule has 0 fully saturated rings. The first-order chi connectivity index (χ1) is 10.3. The second kappa shape index (κ2) is 5.70. The van der Waals surface area contributed by atoms with Gasteiger partial charge in [-0.1, -0.05) is 36.4 Å². The third-order valence-corrected chi connectivity index (χ3v) is 3.11. The number of halogens is 2. The van der Waals surface area contributed by atoms with Crippen molar-refractivity contribution in [3.63, 3.8) is 0 Å². The highest BCUT2D eigenvalue weighted by Crippen LogP contribution is 2.27. The van der Waals surface area contributed by atoms with Crippen molar-refractivity contribution in [1.82, 2.24) is 14.9 Å². The van der Waals surface area contributed by atoms with E-state index in [1.807, 2.05) is 0 Å². The maximum absolute atomic E-state index is 14.1. The summed E-state index contributed by atoms with van der Waals surface area (Å²) >= 11 is 0. The zero-order valence-electron chi connectivity index (χ0n) is 10.9. The molecule has 0 saturated carbocycles. The zero-order valence-corrected chi connectivity index (χ0v) is 10.9. The van der Waals surface area contributed by atoms with Gasteiger partial charge in [0, 0.05) is 11.1 Å². The highest BCUT2D eigenvalue weighted by Gasteiger charge is 2.21. The van der Waals surface area contributed by atoms with Crippen molar-refractivity contribution in [2.75, 3.05) is 5.43 Å². The van der Waals surface area contributed by atoms with Crippen LogP contribution in [0.5, 0.6) is 0 Å². The van der Waals surface area contributed by atoms with Crippen LogP contribution in [0.15, 0.2) is 61.2 Å². The van der Waals surface area contributed by atoms with Crippen LogP contribution < -0.4 is 5.43 Å². The van der Waals surface area contributed by atoms with Gasteiger partial charge in [0.2, 0.25) is 0 Å². The fourth-order valence-electron chi connectivity index (χ4n) is 2.13. The van der Waals surface area contributed by atoms with Crippen molar-refractivity contribution >= 4 is 0 Å². The molecule has 6 heteroatoms. The minimum atomic E-state index is -0.714. The third kappa shape index (κ3) is 2.74. The van der Waals surface area contributed by atoms with E-state index in [-0.39, 0.29) is 0 Å². The fourth-order valence-corrected chi connectivity index (χ4v) is 2.13. The lowest BCUT2D eigenvalue weighted by Crippen LogP contribution is -2.24. The van der Waals surface area contributed by atoms with Crippen LogP contribution in [0.1, 0.15) is 17.2 Å². The molecule has 0 amide bonds. The van der Waals surface area contributed by atoms with E-state index in [1.165, 1.54) is 29.6 Å². The summed E-state index contributed by atoms with van der Waals surface area (Å²) in [5.74, 6) is -0.836. The summed E-state index contributed by atoms with van der Waals surface area (Å²) in [6, 6.07) is 11.8. The lowest BCUT2D eigenvalue weighted by molar-refractivity contribution is 0.562. The van der Waals surface area contributed by atoms with Gasteiger partial charge in [0.15, 0.2) is 0 Å². The van der Waals surface area contributed by atoms with Crippen molar-refractivity contribution in [3.05, 3.63) is 83.9 Å². The first-order valence-electron chi connectivity index (χ1n) is 6.36. The molecule has 1 N–H and O–H groups in total. The normalized spacial score (nSPS) is 10.8. The molecule has 0 aliphatic rings. The minimum Gasteiger partial charge on any atom is -0.296 e. The second-order valence-corrected chi connectivity index (χ2v) is 4.45. The molecule has 21 heavy (non-hydrogen) atoms. The summed E-state index contributed by atoms with van der Waals surface area (Å²) in [4.78, 5) is 5.13. The highest BCUT2D eigenvalue weighted by molar-refractivity contribution is 5.35. The van der Waals surface area contributed by atoms with Gasteiger partial charge in [0.1, 0.15) is 24.3 Å². The Morgan fingerprint density at radius 2 is 1.48 bits per heavy atom. The van der Waals surface area contributed by atoms with Gasteiger partial charge in [-0.05, 0) is 12.1 Å². The van der Waals surface area contributed by atoms with E-state index in [0.29, 0.717) is 11.1 Å². The molecule has 4 nitrogen and oxygen atoms in total. The molecule has 2 aromatic carbocycles. The Morgan fingerprint density at radius 3 is 1.95 bits per heavy atom. The highest BCUT2D eigenvalue weighted by atomic mass is 19.1. The van der Waals surface area contributed by atoms with Crippen molar-refractivity contribution in [2.45, 2.75) is 6.04 Å². The van der Waals surface area contributed by atoms with E-state index in [9.17, 15) is 8.78 Å². The molecule has 1 heterocycles. The van der Waals surface area contributed by atoms with Crippen LogP contribution in [0.4, 0.5) is 8.78 Å². The molecule has 0 spiro atoms. The number of benzene rings is 2. The van der Waals surface area contributed by atoms with Crippen molar-refractivity contribution in [3.8, 4) is 0 Å². The molecule has 3 aromatic rings. The molecule has 0 aliphatic carbocycles. The molecular formula is C15H12F2N4. The fraction of sp³-hybridized carbons (Fsp3) is 0.0667. The Balaban J connectivity index is 2.07. The van der Waals surface area contributed by atoms with Crippen LogP contribution >= 0.6 is 0 Å². The van der Waals surface area contributed by atoms with Crippen LogP contribution in [0.3, 0.4) is 0 Å². The lowest BCUT2D eigenvalue weighted by Gasteiger charge is -2.21. The first-order valence-corrected chi connectivity index (χ1v) is 6.36. The van der Waals surface area contributed by atoms with Gasteiger partial charge in [-0.25, -0.2) is 13.8 Å². The average molecular weight is 286 g/mol. The smallest absolute Gasteiger partial charge is 0.139 e. The minimum absolute atomic E-state index is 0.332. The lowest BCUT2D eigenvalue weighted by atomic mass is 9.98. The first kappa shape index (κ1) is 13.2. The van der Waals surface area contributed by atoms with Crippen LogP contribution in [0.2, 0.25) is 0 Å². The maximum Gasteiger partial charge on any atom is 0.139 e. The van der Waals surface area contributed by atoms with Gasteiger partial charge in [-0.3, -0.25) is 5.43 Å². The van der Waals surface area contributed by atoms with Crippen LogP contribution in [-0.2, 0) is 0 Å². The Labute approximate surface area is 120 Å². The second-order valence-electron chi connectivity index (χ2n) is 4.45. The van der Waals surface area contributed by atoms with E-state index >= 15 is 0 Å². The van der Waals surface area contributed by atoms with Gasteiger partial charge < -0.3 is 0 Å².